The van der Waals surface area contributed by atoms with Crippen molar-refractivity contribution < 1.29 is 17.9 Å². The predicted molar refractivity (Wildman–Crippen MR) is 68.9 cm³/mol. The molecule has 0 amide bonds. The molecule has 2 atom stereocenters. The summed E-state index contributed by atoms with van der Waals surface area (Å²) < 4.78 is 42.3. The van der Waals surface area contributed by atoms with Crippen molar-refractivity contribution >= 4 is 0 Å². The Morgan fingerprint density at radius 1 is 1.16 bits per heavy atom. The van der Waals surface area contributed by atoms with Crippen LogP contribution in [0.4, 0.5) is 13.2 Å². The maximum absolute atomic E-state index is 12.4. The monoisotopic (exact) mass is 275 g/mol. The van der Waals surface area contributed by atoms with Crippen molar-refractivity contribution in [1.82, 2.24) is 5.32 Å². The first-order valence-corrected chi connectivity index (χ1v) is 6.26. The number of ether oxygens (including phenoxy) is 1. The average molecular weight is 275 g/mol. The Morgan fingerprint density at radius 2 is 1.74 bits per heavy atom. The summed E-state index contributed by atoms with van der Waals surface area (Å²) in [4.78, 5) is 0. The van der Waals surface area contributed by atoms with Gasteiger partial charge in [-0.2, -0.15) is 13.2 Å². The number of hydrogen-bond acceptors (Lipinski definition) is 2. The molecule has 0 aromatic heterocycles. The Hall–Kier alpha value is -1.07. The number of alkyl halides is 3. The van der Waals surface area contributed by atoms with Crippen molar-refractivity contribution in [2.24, 2.45) is 0 Å². The van der Waals surface area contributed by atoms with Crippen LogP contribution in [0.25, 0.3) is 0 Å². The lowest BCUT2D eigenvalue weighted by atomic mass is 10.0. The molecule has 0 saturated carbocycles. The van der Waals surface area contributed by atoms with E-state index in [4.69, 9.17) is 4.74 Å². The number of benzene rings is 1. The normalized spacial score (nSPS) is 15.3. The lowest BCUT2D eigenvalue weighted by Gasteiger charge is -2.20. The Kier molecular flexibility index (Phi) is 5.82. The van der Waals surface area contributed by atoms with Crippen molar-refractivity contribution in [1.29, 1.82) is 0 Å². The van der Waals surface area contributed by atoms with Crippen molar-refractivity contribution in [2.45, 2.75) is 38.5 Å². The fourth-order valence-corrected chi connectivity index (χ4v) is 1.86. The summed E-state index contributed by atoms with van der Waals surface area (Å²) in [6.07, 6.45) is -3.41. The molecule has 2 nitrogen and oxygen atoms in total. The first-order chi connectivity index (χ1) is 8.84. The van der Waals surface area contributed by atoms with Crippen molar-refractivity contribution in [2.75, 3.05) is 13.7 Å². The van der Waals surface area contributed by atoms with Crippen LogP contribution in [0.5, 0.6) is 0 Å². The highest BCUT2D eigenvalue weighted by molar-refractivity contribution is 5.26. The Bertz CT molecular complexity index is 375. The number of halogens is 3. The first kappa shape index (κ1) is 16.0. The quantitative estimate of drug-likeness (QED) is 0.853. The van der Waals surface area contributed by atoms with Crippen LogP contribution in [0.3, 0.4) is 0 Å². The predicted octanol–water partition coefficient (Wildman–Crippen LogP) is 3.78. The second kappa shape index (κ2) is 6.91. The number of rotatable bonds is 6. The Labute approximate surface area is 112 Å². The van der Waals surface area contributed by atoms with Gasteiger partial charge in [-0.3, -0.25) is 0 Å². The topological polar surface area (TPSA) is 21.3 Å². The van der Waals surface area contributed by atoms with E-state index in [9.17, 15) is 13.2 Å². The van der Waals surface area contributed by atoms with Crippen LogP contribution in [0.15, 0.2) is 24.3 Å². The van der Waals surface area contributed by atoms with Crippen LogP contribution < -0.4 is 5.32 Å². The van der Waals surface area contributed by atoms with Gasteiger partial charge in [0.15, 0.2) is 0 Å². The van der Waals surface area contributed by atoms with Gasteiger partial charge >= 0.3 is 6.18 Å². The van der Waals surface area contributed by atoms with Gasteiger partial charge in [-0.15, -0.1) is 0 Å². The molecule has 0 spiro atoms. The number of nitrogens with one attached hydrogen (secondary N) is 1. The van der Waals surface area contributed by atoms with Crippen LogP contribution in [-0.2, 0) is 10.9 Å². The van der Waals surface area contributed by atoms with Gasteiger partial charge in [0.05, 0.1) is 5.56 Å². The molecule has 19 heavy (non-hydrogen) atoms. The van der Waals surface area contributed by atoms with Crippen LogP contribution in [0.2, 0.25) is 0 Å². The van der Waals surface area contributed by atoms with Crippen LogP contribution in [-0.4, -0.2) is 19.8 Å². The second-order valence-corrected chi connectivity index (χ2v) is 4.69. The van der Waals surface area contributed by atoms with Crippen molar-refractivity contribution in [3.63, 3.8) is 0 Å². The standard InChI is InChI=1S/C14H20F3NO/c1-10(8-9-19-3)18-11(2)12-4-6-13(7-5-12)14(15,16)17/h4-7,10-11,18H,8-9H2,1-3H3. The minimum absolute atomic E-state index is 0.00846. The maximum atomic E-state index is 12.4. The summed E-state index contributed by atoms with van der Waals surface area (Å²) in [6, 6.07) is 5.53. The first-order valence-electron chi connectivity index (χ1n) is 6.26. The lowest BCUT2D eigenvalue weighted by Crippen LogP contribution is -2.29. The fraction of sp³-hybridized carbons (Fsp3) is 0.571. The van der Waals surface area contributed by atoms with E-state index in [0.717, 1.165) is 24.1 Å². The molecule has 0 aliphatic rings. The van der Waals surface area contributed by atoms with E-state index in [1.807, 2.05) is 13.8 Å². The summed E-state index contributed by atoms with van der Waals surface area (Å²) >= 11 is 0. The van der Waals surface area contributed by atoms with Crippen LogP contribution in [0.1, 0.15) is 37.4 Å². The van der Waals surface area contributed by atoms with Crippen molar-refractivity contribution in [3.05, 3.63) is 35.4 Å². The third-order valence-corrected chi connectivity index (χ3v) is 3.03. The minimum Gasteiger partial charge on any atom is -0.385 e. The third kappa shape index (κ3) is 5.20. The highest BCUT2D eigenvalue weighted by Crippen LogP contribution is 2.29. The molecule has 1 N–H and O–H groups in total. The molecule has 5 heteroatoms. The molecule has 0 bridgehead atoms. The zero-order chi connectivity index (χ0) is 14.5. The van der Waals surface area contributed by atoms with E-state index < -0.39 is 11.7 Å². The number of methoxy groups -OCH3 is 1. The fourth-order valence-electron chi connectivity index (χ4n) is 1.86. The van der Waals surface area contributed by atoms with E-state index in [-0.39, 0.29) is 12.1 Å². The van der Waals surface area contributed by atoms with E-state index in [1.165, 1.54) is 12.1 Å². The highest BCUT2D eigenvalue weighted by atomic mass is 19.4. The van der Waals surface area contributed by atoms with Gasteiger partial charge in [0, 0.05) is 25.8 Å². The molecule has 0 aliphatic carbocycles. The van der Waals surface area contributed by atoms with E-state index in [0.29, 0.717) is 6.61 Å². The summed E-state index contributed by atoms with van der Waals surface area (Å²) in [5.41, 5.74) is 0.230. The molecule has 0 heterocycles. The minimum atomic E-state index is -4.28. The summed E-state index contributed by atoms with van der Waals surface area (Å²) in [5.74, 6) is 0. The SMILES string of the molecule is COCCC(C)NC(C)c1ccc(C(F)(F)F)cc1. The van der Waals surface area contributed by atoms with Crippen LogP contribution in [0, 0.1) is 0 Å². The Morgan fingerprint density at radius 3 is 2.21 bits per heavy atom. The molecule has 1 aromatic carbocycles. The largest absolute Gasteiger partial charge is 0.416 e. The lowest BCUT2D eigenvalue weighted by molar-refractivity contribution is -0.137. The van der Waals surface area contributed by atoms with Crippen LogP contribution >= 0.6 is 0 Å². The molecular weight excluding hydrogens is 255 g/mol. The number of hydrogen-bond donors (Lipinski definition) is 1. The molecular formula is C14H20F3NO. The highest BCUT2D eigenvalue weighted by Gasteiger charge is 2.30. The Balaban J connectivity index is 2.60. The van der Waals surface area contributed by atoms with Gasteiger partial charge in [-0.1, -0.05) is 12.1 Å². The molecule has 0 radical (unpaired) electrons. The average Bonchev–Trinajstić information content (AvgIpc) is 2.35. The summed E-state index contributed by atoms with van der Waals surface area (Å²) in [5, 5.41) is 3.33. The summed E-state index contributed by atoms with van der Waals surface area (Å²) in [6.45, 7) is 4.62. The van der Waals surface area contributed by atoms with Gasteiger partial charge in [-0.05, 0) is 38.0 Å². The molecule has 108 valence electrons. The molecule has 0 aliphatic heterocycles. The van der Waals surface area contributed by atoms with Gasteiger partial charge < -0.3 is 10.1 Å². The van der Waals surface area contributed by atoms with Gasteiger partial charge in [0.1, 0.15) is 0 Å². The summed E-state index contributed by atoms with van der Waals surface area (Å²) in [7, 11) is 1.64. The maximum Gasteiger partial charge on any atom is 0.416 e. The molecule has 2 unspecified atom stereocenters. The van der Waals surface area contributed by atoms with E-state index in [2.05, 4.69) is 5.32 Å². The molecule has 0 saturated heterocycles. The molecule has 1 aromatic rings. The zero-order valence-corrected chi connectivity index (χ0v) is 11.4. The van der Waals surface area contributed by atoms with Gasteiger partial charge in [0.2, 0.25) is 0 Å². The van der Waals surface area contributed by atoms with Gasteiger partial charge in [-0.25, -0.2) is 0 Å². The second-order valence-electron chi connectivity index (χ2n) is 4.69. The zero-order valence-electron chi connectivity index (χ0n) is 11.4. The van der Waals surface area contributed by atoms with Crippen molar-refractivity contribution in [3.8, 4) is 0 Å². The third-order valence-electron chi connectivity index (χ3n) is 3.03. The molecule has 1 rings (SSSR count). The smallest absolute Gasteiger partial charge is 0.385 e. The molecule has 0 fully saturated rings. The van der Waals surface area contributed by atoms with E-state index in [1.54, 1.807) is 7.11 Å². The van der Waals surface area contributed by atoms with E-state index >= 15 is 0 Å². The van der Waals surface area contributed by atoms with Gasteiger partial charge in [0.25, 0.3) is 0 Å².